The summed E-state index contributed by atoms with van der Waals surface area (Å²) in [7, 11) is 0. The molecule has 11 heteroatoms. The Kier molecular flexibility index (Phi) is 14.6. The van der Waals surface area contributed by atoms with E-state index >= 15 is 0 Å². The van der Waals surface area contributed by atoms with E-state index in [-0.39, 0.29) is 25.6 Å². The van der Waals surface area contributed by atoms with Gasteiger partial charge in [0.1, 0.15) is 17.2 Å². The number of nitrogens with one attached hydrogen (secondary N) is 1. The number of carbonyl (C=O) groups is 4. The molecule has 0 aliphatic rings. The molecule has 0 saturated heterocycles. The quantitative estimate of drug-likeness (QED) is 0.0402. The molecule has 48 heavy (non-hydrogen) atoms. The minimum atomic E-state index is -0.599. The van der Waals surface area contributed by atoms with E-state index in [0.717, 1.165) is 11.8 Å². The van der Waals surface area contributed by atoms with Crippen molar-refractivity contribution in [1.29, 1.82) is 5.41 Å². The summed E-state index contributed by atoms with van der Waals surface area (Å²) in [5.74, 6) is -0.646. The van der Waals surface area contributed by atoms with Gasteiger partial charge in [-0.2, -0.15) is 0 Å². The van der Waals surface area contributed by atoms with Crippen LogP contribution in [-0.4, -0.2) is 63.1 Å². The zero-order valence-corrected chi connectivity index (χ0v) is 27.1. The lowest BCUT2D eigenvalue weighted by Crippen LogP contribution is -2.11. The SMILES string of the molecule is C=C(C)C(=O)OCCCOc1ccc(C(=O)OCCc2ccc(OC(=O)c3ccc(OCCCOC(=O)C(=C)C)cc3)c(C=N)c2)cc1. The number of ether oxygens (including phenoxy) is 6. The molecule has 0 aliphatic heterocycles. The first-order valence-electron chi connectivity index (χ1n) is 15.2. The minimum Gasteiger partial charge on any atom is -0.493 e. The average Bonchev–Trinajstić information content (AvgIpc) is 3.08. The summed E-state index contributed by atoms with van der Waals surface area (Å²) >= 11 is 0. The highest BCUT2D eigenvalue weighted by molar-refractivity contribution is 5.93. The van der Waals surface area contributed by atoms with E-state index in [0.29, 0.717) is 71.8 Å². The number of benzene rings is 3. The summed E-state index contributed by atoms with van der Waals surface area (Å²) in [6, 6.07) is 17.9. The van der Waals surface area contributed by atoms with E-state index in [1.54, 1.807) is 80.6 Å². The number of rotatable bonds is 19. The fourth-order valence-electron chi connectivity index (χ4n) is 3.91. The normalized spacial score (nSPS) is 10.3. The van der Waals surface area contributed by atoms with Gasteiger partial charge in [-0.3, -0.25) is 0 Å². The number of hydrogen-bond donors (Lipinski definition) is 1. The third-order valence-electron chi connectivity index (χ3n) is 6.51. The first-order chi connectivity index (χ1) is 23.1. The second-order valence-electron chi connectivity index (χ2n) is 10.6. The van der Waals surface area contributed by atoms with Crippen LogP contribution in [0.2, 0.25) is 0 Å². The van der Waals surface area contributed by atoms with Crippen molar-refractivity contribution in [2.75, 3.05) is 33.0 Å². The first-order valence-corrected chi connectivity index (χ1v) is 15.2. The summed E-state index contributed by atoms with van der Waals surface area (Å²) < 4.78 is 32.2. The molecule has 0 fully saturated rings. The number of esters is 4. The molecule has 0 bridgehead atoms. The lowest BCUT2D eigenvalue weighted by molar-refractivity contribution is -0.140. The fraction of sp³-hybridized carbons (Fsp3) is 0.270. The van der Waals surface area contributed by atoms with Crippen LogP contribution in [0.1, 0.15) is 58.5 Å². The maximum absolute atomic E-state index is 12.7. The van der Waals surface area contributed by atoms with Crippen LogP contribution in [0.15, 0.2) is 91.0 Å². The van der Waals surface area contributed by atoms with E-state index < -0.39 is 23.9 Å². The van der Waals surface area contributed by atoms with Crippen molar-refractivity contribution < 1.29 is 47.6 Å². The van der Waals surface area contributed by atoms with E-state index in [2.05, 4.69) is 13.2 Å². The van der Waals surface area contributed by atoms with Gasteiger partial charge in [-0.15, -0.1) is 0 Å². The van der Waals surface area contributed by atoms with Crippen molar-refractivity contribution in [2.24, 2.45) is 0 Å². The molecule has 252 valence electrons. The Labute approximate surface area is 279 Å². The lowest BCUT2D eigenvalue weighted by Gasteiger charge is -2.11. The maximum Gasteiger partial charge on any atom is 0.343 e. The minimum absolute atomic E-state index is 0.102. The van der Waals surface area contributed by atoms with Gasteiger partial charge < -0.3 is 33.8 Å². The standard InChI is InChI=1S/C37H39NO10/c1-25(2)34(39)45-20-5-18-43-31-12-8-28(9-13-31)36(41)47-22-17-27-7-16-33(30(23-27)24-38)48-37(42)29-10-14-32(15-11-29)44-19-6-21-46-35(40)26(3)4/h7-16,23-24,38H,1,3,5-6,17-22H2,2,4H3. The van der Waals surface area contributed by atoms with Gasteiger partial charge in [-0.25, -0.2) is 19.2 Å². The molecule has 0 aliphatic carbocycles. The molecule has 0 atom stereocenters. The summed E-state index contributed by atoms with van der Waals surface area (Å²) in [6.07, 6.45) is 2.48. The van der Waals surface area contributed by atoms with E-state index in [4.69, 9.17) is 33.8 Å². The lowest BCUT2D eigenvalue weighted by atomic mass is 10.1. The highest BCUT2D eigenvalue weighted by Gasteiger charge is 2.13. The second kappa shape index (κ2) is 19.1. The molecule has 3 aromatic rings. The van der Waals surface area contributed by atoms with Gasteiger partial charge in [0.15, 0.2) is 0 Å². The van der Waals surface area contributed by atoms with Gasteiger partial charge in [0.25, 0.3) is 0 Å². The number of carbonyl (C=O) groups excluding carboxylic acids is 4. The van der Waals surface area contributed by atoms with Crippen LogP contribution in [-0.2, 0) is 30.2 Å². The fourth-order valence-corrected chi connectivity index (χ4v) is 3.91. The van der Waals surface area contributed by atoms with Crippen LogP contribution in [0.4, 0.5) is 0 Å². The molecule has 0 spiro atoms. The molecular weight excluding hydrogens is 618 g/mol. The summed E-state index contributed by atoms with van der Waals surface area (Å²) in [4.78, 5) is 48.0. The molecule has 0 radical (unpaired) electrons. The molecule has 0 unspecified atom stereocenters. The van der Waals surface area contributed by atoms with E-state index in [1.165, 1.54) is 0 Å². The zero-order valence-electron chi connectivity index (χ0n) is 27.1. The molecule has 3 aromatic carbocycles. The van der Waals surface area contributed by atoms with Crippen molar-refractivity contribution in [1.82, 2.24) is 0 Å². The van der Waals surface area contributed by atoms with Gasteiger partial charge in [0.05, 0.1) is 44.2 Å². The predicted molar refractivity (Wildman–Crippen MR) is 178 cm³/mol. The Bertz CT molecular complexity index is 1610. The van der Waals surface area contributed by atoms with Crippen LogP contribution in [0.3, 0.4) is 0 Å². The van der Waals surface area contributed by atoms with Gasteiger partial charge >= 0.3 is 23.9 Å². The van der Waals surface area contributed by atoms with Crippen LogP contribution in [0.5, 0.6) is 17.2 Å². The Morgan fingerprint density at radius 3 is 1.62 bits per heavy atom. The van der Waals surface area contributed by atoms with Crippen LogP contribution in [0, 0.1) is 5.41 Å². The predicted octanol–water partition coefficient (Wildman–Crippen LogP) is 6.08. The molecule has 0 amide bonds. The third-order valence-corrected chi connectivity index (χ3v) is 6.51. The first kappa shape index (κ1) is 36.8. The smallest absolute Gasteiger partial charge is 0.343 e. The second-order valence-corrected chi connectivity index (χ2v) is 10.6. The van der Waals surface area contributed by atoms with Gasteiger partial charge in [-0.1, -0.05) is 19.2 Å². The van der Waals surface area contributed by atoms with Crippen LogP contribution in [0.25, 0.3) is 0 Å². The highest BCUT2D eigenvalue weighted by Crippen LogP contribution is 2.22. The van der Waals surface area contributed by atoms with Crippen molar-refractivity contribution >= 4 is 30.1 Å². The Morgan fingerprint density at radius 2 is 1.15 bits per heavy atom. The van der Waals surface area contributed by atoms with Gasteiger partial charge in [0, 0.05) is 42.2 Å². The molecular formula is C37H39NO10. The van der Waals surface area contributed by atoms with E-state index in [1.807, 2.05) is 0 Å². The van der Waals surface area contributed by atoms with Crippen LogP contribution >= 0.6 is 0 Å². The Morgan fingerprint density at radius 1 is 0.646 bits per heavy atom. The summed E-state index contributed by atoms with van der Waals surface area (Å²) in [6.45, 7) is 11.4. The van der Waals surface area contributed by atoms with Crippen molar-refractivity contribution in [3.63, 3.8) is 0 Å². The summed E-state index contributed by atoms with van der Waals surface area (Å²) in [5.41, 5.74) is 2.52. The van der Waals surface area contributed by atoms with Crippen molar-refractivity contribution in [3.8, 4) is 17.2 Å². The highest BCUT2D eigenvalue weighted by atomic mass is 16.5. The average molecular weight is 658 g/mol. The molecule has 11 nitrogen and oxygen atoms in total. The molecule has 0 saturated carbocycles. The van der Waals surface area contributed by atoms with E-state index in [9.17, 15) is 19.2 Å². The van der Waals surface area contributed by atoms with Crippen LogP contribution < -0.4 is 14.2 Å². The van der Waals surface area contributed by atoms with Gasteiger partial charge in [0.2, 0.25) is 0 Å². The van der Waals surface area contributed by atoms with Gasteiger partial charge in [-0.05, 0) is 80.1 Å². The topological polar surface area (TPSA) is 148 Å². The Hall–Kier alpha value is -5.71. The maximum atomic E-state index is 12.7. The Balaban J connectivity index is 1.41. The molecule has 0 heterocycles. The molecule has 1 N–H and O–H groups in total. The summed E-state index contributed by atoms with van der Waals surface area (Å²) in [5, 5.41) is 7.78. The van der Waals surface area contributed by atoms with Crippen molar-refractivity contribution in [3.05, 3.63) is 113 Å². The largest absolute Gasteiger partial charge is 0.493 e. The molecule has 3 rings (SSSR count). The third kappa shape index (κ3) is 12.2. The number of hydrogen-bond acceptors (Lipinski definition) is 11. The molecule has 0 aromatic heterocycles. The van der Waals surface area contributed by atoms with Crippen molar-refractivity contribution in [2.45, 2.75) is 33.1 Å². The zero-order chi connectivity index (χ0) is 34.9. The monoisotopic (exact) mass is 657 g/mol.